The number of carbonyl (C=O) groups is 2. The first-order chi connectivity index (χ1) is 19.1. The summed E-state index contributed by atoms with van der Waals surface area (Å²) in [5.41, 5.74) is 2.33. The second kappa shape index (κ2) is 14.0. The summed E-state index contributed by atoms with van der Waals surface area (Å²) in [4.78, 5) is 28.7. The van der Waals surface area contributed by atoms with Gasteiger partial charge in [-0.15, -0.1) is 0 Å². The minimum absolute atomic E-state index is 0.0297. The van der Waals surface area contributed by atoms with Gasteiger partial charge in [-0.3, -0.25) is 13.9 Å². The summed E-state index contributed by atoms with van der Waals surface area (Å²) >= 11 is 0. The highest BCUT2D eigenvalue weighted by molar-refractivity contribution is 7.92. The highest BCUT2D eigenvalue weighted by Crippen LogP contribution is 2.26. The van der Waals surface area contributed by atoms with Crippen molar-refractivity contribution in [2.45, 2.75) is 57.5 Å². The number of benzene rings is 3. The van der Waals surface area contributed by atoms with Crippen LogP contribution in [0, 0.1) is 6.92 Å². The van der Waals surface area contributed by atoms with Crippen LogP contribution in [0.25, 0.3) is 0 Å². The van der Waals surface area contributed by atoms with Crippen LogP contribution in [0.2, 0.25) is 0 Å². The van der Waals surface area contributed by atoms with E-state index in [1.54, 1.807) is 36.4 Å². The van der Waals surface area contributed by atoms with Crippen LogP contribution in [0.1, 0.15) is 38.3 Å². The van der Waals surface area contributed by atoms with Gasteiger partial charge in [0.2, 0.25) is 11.8 Å². The molecule has 1 N–H and O–H groups in total. The lowest BCUT2D eigenvalue weighted by Gasteiger charge is -2.33. The number of hydrogen-bond acceptors (Lipinski definition) is 5. The van der Waals surface area contributed by atoms with Crippen LogP contribution in [-0.4, -0.2) is 57.4 Å². The average molecular weight is 566 g/mol. The van der Waals surface area contributed by atoms with E-state index in [9.17, 15) is 18.0 Å². The molecular formula is C31H39N3O5S. The van der Waals surface area contributed by atoms with Gasteiger partial charge in [-0.25, -0.2) is 8.42 Å². The molecule has 0 radical (unpaired) electrons. The first-order valence-corrected chi connectivity index (χ1v) is 14.9. The summed E-state index contributed by atoms with van der Waals surface area (Å²) < 4.78 is 34.1. The molecule has 8 nitrogen and oxygen atoms in total. The zero-order chi connectivity index (χ0) is 29.3. The van der Waals surface area contributed by atoms with E-state index in [-0.39, 0.29) is 23.4 Å². The van der Waals surface area contributed by atoms with Gasteiger partial charge in [0.15, 0.2) is 0 Å². The zero-order valence-electron chi connectivity index (χ0n) is 23.8. The average Bonchev–Trinajstić information content (AvgIpc) is 2.94. The number of anilines is 1. The van der Waals surface area contributed by atoms with Crippen LogP contribution in [0.3, 0.4) is 0 Å². The van der Waals surface area contributed by atoms with E-state index in [4.69, 9.17) is 4.74 Å². The highest BCUT2D eigenvalue weighted by atomic mass is 32.2. The van der Waals surface area contributed by atoms with Crippen molar-refractivity contribution in [3.63, 3.8) is 0 Å². The van der Waals surface area contributed by atoms with Crippen LogP contribution < -0.4 is 14.4 Å². The number of nitrogens with one attached hydrogen (secondary N) is 1. The second-order valence-corrected chi connectivity index (χ2v) is 11.8. The number of ether oxygens (including phenoxy) is 1. The van der Waals surface area contributed by atoms with E-state index in [1.165, 1.54) is 24.1 Å². The number of hydrogen-bond donors (Lipinski definition) is 1. The molecule has 0 aromatic heterocycles. The zero-order valence-corrected chi connectivity index (χ0v) is 24.6. The molecule has 0 aliphatic heterocycles. The Bertz CT molecular complexity index is 1360. The standard InChI is InChI=1S/C31H39N3O5S/c1-6-29(31(36)32-23(2)3)33(21-20-25-10-8-7-9-11-25)30(35)22-34(26-14-12-24(4)13-15-26)40(37,38)28-18-16-27(39-5)17-19-28/h7-19,23,29H,6,20-22H2,1-5H3,(H,32,36)/t29-/m0/s1. The first kappa shape index (κ1) is 30.7. The Hall–Kier alpha value is -3.85. The Kier molecular flexibility index (Phi) is 10.7. The van der Waals surface area contributed by atoms with E-state index < -0.39 is 28.5 Å². The van der Waals surface area contributed by atoms with Gasteiger partial charge in [0.1, 0.15) is 18.3 Å². The third kappa shape index (κ3) is 7.85. The van der Waals surface area contributed by atoms with Crippen molar-refractivity contribution in [1.82, 2.24) is 10.2 Å². The van der Waals surface area contributed by atoms with E-state index in [0.29, 0.717) is 24.3 Å². The first-order valence-electron chi connectivity index (χ1n) is 13.4. The molecule has 0 bridgehead atoms. The molecule has 1 atom stereocenters. The van der Waals surface area contributed by atoms with E-state index in [0.717, 1.165) is 15.4 Å². The lowest BCUT2D eigenvalue weighted by molar-refractivity contribution is -0.139. The Balaban J connectivity index is 2.00. The summed E-state index contributed by atoms with van der Waals surface area (Å²) in [6.07, 6.45) is 0.905. The van der Waals surface area contributed by atoms with Crippen molar-refractivity contribution < 1.29 is 22.7 Å². The Labute approximate surface area is 238 Å². The van der Waals surface area contributed by atoms with Crippen molar-refractivity contribution in [2.24, 2.45) is 0 Å². The van der Waals surface area contributed by atoms with Gasteiger partial charge in [0.25, 0.3) is 10.0 Å². The van der Waals surface area contributed by atoms with Crippen LogP contribution in [0.5, 0.6) is 5.75 Å². The van der Waals surface area contributed by atoms with Gasteiger partial charge in [0.05, 0.1) is 17.7 Å². The van der Waals surface area contributed by atoms with Crippen molar-refractivity contribution in [1.29, 1.82) is 0 Å². The molecule has 40 heavy (non-hydrogen) atoms. The molecule has 214 valence electrons. The summed E-state index contributed by atoms with van der Waals surface area (Å²) in [6.45, 7) is 7.28. The maximum atomic E-state index is 14.0. The fourth-order valence-electron chi connectivity index (χ4n) is 4.39. The fraction of sp³-hybridized carbons (Fsp3) is 0.355. The maximum absolute atomic E-state index is 14.0. The molecule has 2 amide bonds. The number of sulfonamides is 1. The van der Waals surface area contributed by atoms with Crippen molar-refractivity contribution >= 4 is 27.5 Å². The molecule has 0 spiro atoms. The SMILES string of the molecule is CC[C@@H](C(=O)NC(C)C)N(CCc1ccccc1)C(=O)CN(c1ccc(C)cc1)S(=O)(=O)c1ccc(OC)cc1. The summed E-state index contributed by atoms with van der Waals surface area (Å²) in [7, 11) is -2.63. The molecule has 0 heterocycles. The third-order valence-electron chi connectivity index (χ3n) is 6.55. The van der Waals surface area contributed by atoms with Crippen LogP contribution in [0.15, 0.2) is 83.8 Å². The Morgan fingerprint density at radius 2 is 1.55 bits per heavy atom. The quantitative estimate of drug-likeness (QED) is 0.328. The monoisotopic (exact) mass is 565 g/mol. The smallest absolute Gasteiger partial charge is 0.264 e. The molecule has 3 aromatic rings. The molecule has 0 aliphatic carbocycles. The largest absolute Gasteiger partial charge is 0.497 e. The van der Waals surface area contributed by atoms with Gasteiger partial charge in [-0.1, -0.05) is 55.0 Å². The van der Waals surface area contributed by atoms with Crippen molar-refractivity contribution in [3.05, 3.63) is 90.0 Å². The highest BCUT2D eigenvalue weighted by Gasteiger charge is 2.33. The van der Waals surface area contributed by atoms with Crippen molar-refractivity contribution in [3.8, 4) is 5.75 Å². The predicted octanol–water partition coefficient (Wildman–Crippen LogP) is 4.57. The number of rotatable bonds is 13. The lowest BCUT2D eigenvalue weighted by Crippen LogP contribution is -2.54. The number of amides is 2. The molecule has 3 aromatic carbocycles. The minimum Gasteiger partial charge on any atom is -0.497 e. The molecule has 0 saturated heterocycles. The molecule has 0 unspecified atom stereocenters. The number of nitrogens with zero attached hydrogens (tertiary/aromatic N) is 2. The van der Waals surface area contributed by atoms with Crippen LogP contribution in [0.4, 0.5) is 5.69 Å². The third-order valence-corrected chi connectivity index (χ3v) is 8.34. The normalized spacial score (nSPS) is 12.1. The summed E-state index contributed by atoms with van der Waals surface area (Å²) in [5, 5.41) is 2.91. The molecule has 0 fully saturated rings. The molecule has 0 aliphatic rings. The van der Waals surface area contributed by atoms with Crippen molar-refractivity contribution in [2.75, 3.05) is 24.5 Å². The van der Waals surface area contributed by atoms with Gasteiger partial charge in [-0.2, -0.15) is 0 Å². The van der Waals surface area contributed by atoms with Gasteiger partial charge >= 0.3 is 0 Å². The van der Waals surface area contributed by atoms with Gasteiger partial charge in [0, 0.05) is 12.6 Å². The number of methoxy groups -OCH3 is 1. The summed E-state index contributed by atoms with van der Waals surface area (Å²) in [5.74, 6) is -0.205. The minimum atomic E-state index is -4.13. The van der Waals surface area contributed by atoms with Gasteiger partial charge < -0.3 is 15.0 Å². The summed E-state index contributed by atoms with van der Waals surface area (Å²) in [6, 6.07) is 21.8. The molecule has 9 heteroatoms. The van der Waals surface area contributed by atoms with Gasteiger partial charge in [-0.05, 0) is 75.6 Å². The number of aryl methyl sites for hydroxylation is 1. The van der Waals surface area contributed by atoms with Crippen LogP contribution in [-0.2, 0) is 26.0 Å². The Morgan fingerprint density at radius 3 is 2.10 bits per heavy atom. The number of carbonyl (C=O) groups excluding carboxylic acids is 2. The topological polar surface area (TPSA) is 96.0 Å². The van der Waals surface area contributed by atoms with E-state index in [2.05, 4.69) is 5.32 Å². The molecule has 3 rings (SSSR count). The molecule has 0 saturated carbocycles. The van der Waals surface area contributed by atoms with Crippen LogP contribution >= 0.6 is 0 Å². The molecular weight excluding hydrogens is 526 g/mol. The second-order valence-electron chi connectivity index (χ2n) is 9.93. The fourth-order valence-corrected chi connectivity index (χ4v) is 5.81. The lowest BCUT2D eigenvalue weighted by atomic mass is 10.1. The predicted molar refractivity (Wildman–Crippen MR) is 158 cm³/mol. The Morgan fingerprint density at radius 1 is 0.925 bits per heavy atom. The van der Waals surface area contributed by atoms with E-state index >= 15 is 0 Å². The van der Waals surface area contributed by atoms with E-state index in [1.807, 2.05) is 58.0 Å². The maximum Gasteiger partial charge on any atom is 0.264 e.